The molecule has 0 unspecified atom stereocenters. The van der Waals surface area contributed by atoms with Gasteiger partial charge in [0.15, 0.2) is 0 Å². The molecule has 0 saturated heterocycles. The van der Waals surface area contributed by atoms with Crippen LogP contribution in [-0.4, -0.2) is 9.55 Å². The zero-order valence-electron chi connectivity index (χ0n) is 30.0. The van der Waals surface area contributed by atoms with Crippen LogP contribution in [0.4, 0.5) is 0 Å². The molecule has 0 fully saturated rings. The topological polar surface area (TPSA) is 17.8 Å². The maximum absolute atomic E-state index is 5.18. The molecule has 1 aromatic heterocycles. The van der Waals surface area contributed by atoms with Crippen molar-refractivity contribution in [2.45, 2.75) is 0 Å². The standard InChI is InChI=1S/C53H34N2/c1-2-14-37(15-3-1)52-46-19-9-8-18-45(46)51(47-31-28-42(34-48(47)52)41-24-22-35-12-4-6-16-39(35)32-41)38-26-29-44(30-27-38)55-50-21-11-10-20-49(50)54-53(55)43-25-23-36-13-5-7-17-40(36)33-43/h1-34H. The van der Waals surface area contributed by atoms with Crippen LogP contribution in [0.2, 0.25) is 0 Å². The van der Waals surface area contributed by atoms with Gasteiger partial charge in [0.25, 0.3) is 0 Å². The van der Waals surface area contributed by atoms with Crippen molar-refractivity contribution >= 4 is 54.1 Å². The van der Waals surface area contributed by atoms with Gasteiger partial charge in [-0.05, 0) is 119 Å². The number of benzene rings is 10. The first-order valence-electron chi connectivity index (χ1n) is 18.9. The average molecular weight is 699 g/mol. The Balaban J connectivity index is 1.12. The second-order valence-corrected chi connectivity index (χ2v) is 14.4. The highest BCUT2D eigenvalue weighted by Gasteiger charge is 2.19. The van der Waals surface area contributed by atoms with Crippen molar-refractivity contribution in [3.63, 3.8) is 0 Å². The van der Waals surface area contributed by atoms with Gasteiger partial charge in [0.1, 0.15) is 5.82 Å². The van der Waals surface area contributed by atoms with Crippen molar-refractivity contribution in [3.05, 3.63) is 206 Å². The van der Waals surface area contributed by atoms with Crippen LogP contribution >= 0.6 is 0 Å². The number of fused-ring (bicyclic) bond motifs is 5. The molecule has 1 heterocycles. The number of hydrogen-bond acceptors (Lipinski definition) is 1. The van der Waals surface area contributed by atoms with Crippen LogP contribution in [0.25, 0.3) is 105 Å². The summed E-state index contributed by atoms with van der Waals surface area (Å²) in [6.07, 6.45) is 0. The van der Waals surface area contributed by atoms with Crippen LogP contribution in [0.15, 0.2) is 206 Å². The molecule has 0 atom stereocenters. The summed E-state index contributed by atoms with van der Waals surface area (Å²) in [7, 11) is 0. The number of para-hydroxylation sites is 2. The molecule has 0 saturated carbocycles. The van der Waals surface area contributed by atoms with Gasteiger partial charge in [0, 0.05) is 11.3 Å². The van der Waals surface area contributed by atoms with Gasteiger partial charge in [-0.1, -0.05) is 164 Å². The minimum absolute atomic E-state index is 0.934. The molecule has 55 heavy (non-hydrogen) atoms. The molecule has 2 nitrogen and oxygen atoms in total. The normalized spacial score (nSPS) is 11.6. The highest BCUT2D eigenvalue weighted by molar-refractivity contribution is 6.22. The van der Waals surface area contributed by atoms with Gasteiger partial charge < -0.3 is 0 Å². The lowest BCUT2D eigenvalue weighted by Crippen LogP contribution is -1.98. The Hall–Kier alpha value is -7.29. The second kappa shape index (κ2) is 12.7. The van der Waals surface area contributed by atoms with E-state index in [9.17, 15) is 0 Å². The molecule has 0 spiro atoms. The van der Waals surface area contributed by atoms with Crippen LogP contribution in [0.1, 0.15) is 0 Å². The Labute approximate surface area is 319 Å². The average Bonchev–Trinajstić information content (AvgIpc) is 3.65. The first-order chi connectivity index (χ1) is 27.3. The van der Waals surface area contributed by atoms with E-state index in [1.807, 2.05) is 0 Å². The monoisotopic (exact) mass is 698 g/mol. The maximum Gasteiger partial charge on any atom is 0.145 e. The maximum atomic E-state index is 5.18. The van der Waals surface area contributed by atoms with E-state index in [1.54, 1.807) is 0 Å². The van der Waals surface area contributed by atoms with Gasteiger partial charge in [-0.15, -0.1) is 0 Å². The highest BCUT2D eigenvalue weighted by Crippen LogP contribution is 2.45. The third-order valence-corrected chi connectivity index (χ3v) is 11.2. The van der Waals surface area contributed by atoms with E-state index in [0.29, 0.717) is 0 Å². The SMILES string of the molecule is c1ccc(-c2c3ccccc3c(-c3ccc(-n4c(-c5ccc6ccccc6c5)nc5ccccc54)cc3)c3ccc(-c4ccc5ccccc5c4)cc23)cc1. The molecule has 0 N–H and O–H groups in total. The van der Waals surface area contributed by atoms with Gasteiger partial charge in [0.05, 0.1) is 11.0 Å². The van der Waals surface area contributed by atoms with E-state index in [0.717, 1.165) is 28.1 Å². The second-order valence-electron chi connectivity index (χ2n) is 14.4. The third kappa shape index (κ3) is 5.22. The van der Waals surface area contributed by atoms with E-state index in [-0.39, 0.29) is 0 Å². The van der Waals surface area contributed by atoms with Gasteiger partial charge in [-0.25, -0.2) is 4.98 Å². The first-order valence-corrected chi connectivity index (χ1v) is 18.9. The number of aromatic nitrogens is 2. The molecule has 0 aliphatic carbocycles. The van der Waals surface area contributed by atoms with Crippen molar-refractivity contribution in [2.24, 2.45) is 0 Å². The van der Waals surface area contributed by atoms with E-state index in [1.165, 1.54) is 76.5 Å². The zero-order valence-corrected chi connectivity index (χ0v) is 30.0. The number of hydrogen-bond donors (Lipinski definition) is 0. The summed E-state index contributed by atoms with van der Waals surface area (Å²) >= 11 is 0. The fraction of sp³-hybridized carbons (Fsp3) is 0. The predicted octanol–water partition coefficient (Wildman–Crippen LogP) is 14.3. The Morgan fingerprint density at radius 3 is 1.53 bits per heavy atom. The van der Waals surface area contributed by atoms with Crippen LogP contribution in [0.5, 0.6) is 0 Å². The Bertz CT molecular complexity index is 3240. The van der Waals surface area contributed by atoms with Crippen molar-refractivity contribution in [3.8, 4) is 50.5 Å². The molecule has 0 amide bonds. The molecular formula is C53H34N2. The lowest BCUT2D eigenvalue weighted by Gasteiger charge is -2.19. The summed E-state index contributed by atoms with van der Waals surface area (Å²) in [6, 6.07) is 74.8. The number of rotatable bonds is 5. The molecule has 0 radical (unpaired) electrons. The minimum Gasteiger partial charge on any atom is -0.292 e. The Morgan fingerprint density at radius 2 is 0.800 bits per heavy atom. The summed E-state index contributed by atoms with van der Waals surface area (Å²) in [6.45, 7) is 0. The fourth-order valence-electron chi connectivity index (χ4n) is 8.54. The van der Waals surface area contributed by atoms with E-state index >= 15 is 0 Å². The lowest BCUT2D eigenvalue weighted by atomic mass is 9.84. The molecule has 11 aromatic rings. The van der Waals surface area contributed by atoms with Crippen molar-refractivity contribution in [2.75, 3.05) is 0 Å². The van der Waals surface area contributed by atoms with Crippen LogP contribution in [-0.2, 0) is 0 Å². The van der Waals surface area contributed by atoms with Crippen molar-refractivity contribution in [1.29, 1.82) is 0 Å². The number of nitrogens with zero attached hydrogens (tertiary/aromatic N) is 2. The largest absolute Gasteiger partial charge is 0.292 e. The molecule has 0 bridgehead atoms. The Morgan fingerprint density at radius 1 is 0.309 bits per heavy atom. The summed E-state index contributed by atoms with van der Waals surface area (Å²) in [5.74, 6) is 0.934. The quantitative estimate of drug-likeness (QED) is 0.164. The number of imidazole rings is 1. The molecule has 10 aromatic carbocycles. The van der Waals surface area contributed by atoms with E-state index < -0.39 is 0 Å². The predicted molar refractivity (Wildman–Crippen MR) is 233 cm³/mol. The van der Waals surface area contributed by atoms with E-state index in [2.05, 4.69) is 211 Å². The van der Waals surface area contributed by atoms with Gasteiger partial charge in [-0.2, -0.15) is 0 Å². The fourth-order valence-corrected chi connectivity index (χ4v) is 8.54. The van der Waals surface area contributed by atoms with Crippen molar-refractivity contribution < 1.29 is 0 Å². The summed E-state index contributed by atoms with van der Waals surface area (Å²) in [4.78, 5) is 5.18. The van der Waals surface area contributed by atoms with Gasteiger partial charge in [-0.3, -0.25) is 4.57 Å². The zero-order chi connectivity index (χ0) is 36.3. The van der Waals surface area contributed by atoms with Crippen LogP contribution in [0, 0.1) is 0 Å². The van der Waals surface area contributed by atoms with E-state index in [4.69, 9.17) is 4.98 Å². The molecule has 0 aliphatic heterocycles. The minimum atomic E-state index is 0.934. The van der Waals surface area contributed by atoms with Crippen LogP contribution in [0.3, 0.4) is 0 Å². The molecule has 0 aliphatic rings. The summed E-state index contributed by atoms with van der Waals surface area (Å²) < 4.78 is 2.30. The first kappa shape index (κ1) is 31.3. The summed E-state index contributed by atoms with van der Waals surface area (Å²) in [5, 5.41) is 9.89. The van der Waals surface area contributed by atoms with Gasteiger partial charge in [0.2, 0.25) is 0 Å². The molecule has 11 rings (SSSR count). The molecular weight excluding hydrogens is 665 g/mol. The third-order valence-electron chi connectivity index (χ3n) is 11.2. The van der Waals surface area contributed by atoms with Gasteiger partial charge >= 0.3 is 0 Å². The molecule has 256 valence electrons. The summed E-state index contributed by atoms with van der Waals surface area (Å²) in [5.41, 5.74) is 11.6. The van der Waals surface area contributed by atoms with Crippen molar-refractivity contribution in [1.82, 2.24) is 9.55 Å². The molecule has 2 heteroatoms. The van der Waals surface area contributed by atoms with Crippen LogP contribution < -0.4 is 0 Å². The lowest BCUT2D eigenvalue weighted by molar-refractivity contribution is 1.10. The smallest absolute Gasteiger partial charge is 0.145 e. The Kier molecular flexibility index (Phi) is 7.21. The highest BCUT2D eigenvalue weighted by atomic mass is 15.1.